The molecule has 5 rings (SSSR count). The van der Waals surface area contributed by atoms with Crippen molar-refractivity contribution in [2.24, 2.45) is 0 Å². The van der Waals surface area contributed by atoms with E-state index in [1.165, 1.54) is 27.8 Å². The van der Waals surface area contributed by atoms with E-state index in [0.29, 0.717) is 31.9 Å². The number of rotatable bonds is 4. The van der Waals surface area contributed by atoms with Crippen LogP contribution in [0.4, 0.5) is 0 Å². The first kappa shape index (κ1) is 21.9. The third kappa shape index (κ3) is 4.35. The van der Waals surface area contributed by atoms with Crippen molar-refractivity contribution in [1.29, 1.82) is 0 Å². The molecule has 1 fully saturated rings. The van der Waals surface area contributed by atoms with Crippen LogP contribution in [0.15, 0.2) is 58.5 Å². The molecule has 0 N–H and O–H groups in total. The second-order valence-electron chi connectivity index (χ2n) is 9.00. The third-order valence-electron chi connectivity index (χ3n) is 6.77. The molecule has 0 aliphatic carbocycles. The number of nitrogens with zero attached hydrogens (tertiary/aromatic N) is 3. The van der Waals surface area contributed by atoms with Gasteiger partial charge in [0.1, 0.15) is 0 Å². The van der Waals surface area contributed by atoms with Gasteiger partial charge in [0.2, 0.25) is 5.91 Å². The van der Waals surface area contributed by atoms with E-state index < -0.39 is 0 Å². The van der Waals surface area contributed by atoms with Gasteiger partial charge < -0.3 is 14.2 Å². The summed E-state index contributed by atoms with van der Waals surface area (Å²) in [6.07, 6.45) is 2.49. The first-order chi connectivity index (χ1) is 16.0. The normalized spacial score (nSPS) is 21.2. The molecule has 3 aromatic rings. The number of carbonyl (C=O) groups is 2. The number of hydrogen-bond donors (Lipinski definition) is 0. The molecular weight excluding hydrogens is 434 g/mol. The van der Waals surface area contributed by atoms with Gasteiger partial charge >= 0.3 is 0 Å². The predicted octanol–water partition coefficient (Wildman–Crippen LogP) is 3.97. The quantitative estimate of drug-likeness (QED) is 0.588. The fourth-order valence-corrected chi connectivity index (χ4v) is 5.88. The molecule has 172 valence electrons. The molecule has 2 aliphatic rings. The summed E-state index contributed by atoms with van der Waals surface area (Å²) in [5.74, 6) is 0.366. The minimum atomic E-state index is -0.111. The van der Waals surface area contributed by atoms with Crippen molar-refractivity contribution < 1.29 is 14.0 Å². The van der Waals surface area contributed by atoms with E-state index in [1.54, 1.807) is 17.0 Å². The summed E-state index contributed by atoms with van der Waals surface area (Å²) in [5.41, 5.74) is 3.79. The maximum atomic E-state index is 13.4. The number of furan rings is 1. The second-order valence-corrected chi connectivity index (χ2v) is 10.00. The van der Waals surface area contributed by atoms with E-state index in [9.17, 15) is 9.59 Å². The summed E-state index contributed by atoms with van der Waals surface area (Å²) >= 11 is 1.81. The third-order valence-corrected chi connectivity index (χ3v) is 7.77. The number of amides is 2. The van der Waals surface area contributed by atoms with Crippen LogP contribution in [0.3, 0.4) is 0 Å². The Kier molecular flexibility index (Phi) is 6.08. The Bertz CT molecular complexity index is 1120. The Morgan fingerprint density at radius 3 is 2.64 bits per heavy atom. The van der Waals surface area contributed by atoms with Crippen LogP contribution in [-0.2, 0) is 11.2 Å². The van der Waals surface area contributed by atoms with Gasteiger partial charge in [-0.3, -0.25) is 14.5 Å². The second kappa shape index (κ2) is 9.15. The van der Waals surface area contributed by atoms with Crippen molar-refractivity contribution >= 4 is 23.2 Å². The molecule has 6 nitrogen and oxygen atoms in total. The average molecular weight is 464 g/mol. The lowest BCUT2D eigenvalue weighted by atomic mass is 9.92. The molecule has 1 aromatic carbocycles. The van der Waals surface area contributed by atoms with Crippen LogP contribution in [0.2, 0.25) is 0 Å². The highest BCUT2D eigenvalue weighted by atomic mass is 32.1. The van der Waals surface area contributed by atoms with E-state index in [0.717, 1.165) is 13.0 Å². The molecule has 1 saturated heterocycles. The summed E-state index contributed by atoms with van der Waals surface area (Å²) in [7, 11) is 0. The van der Waals surface area contributed by atoms with Gasteiger partial charge in [0.25, 0.3) is 5.91 Å². The highest BCUT2D eigenvalue weighted by Crippen LogP contribution is 2.37. The summed E-state index contributed by atoms with van der Waals surface area (Å²) in [6, 6.07) is 14.3. The molecule has 0 saturated carbocycles. The van der Waals surface area contributed by atoms with Gasteiger partial charge in [0.15, 0.2) is 5.76 Å². The van der Waals surface area contributed by atoms with Crippen molar-refractivity contribution in [1.82, 2.24) is 14.7 Å². The Labute approximate surface area is 198 Å². The van der Waals surface area contributed by atoms with Crippen LogP contribution in [0.25, 0.3) is 0 Å². The molecule has 2 atom stereocenters. The van der Waals surface area contributed by atoms with Gasteiger partial charge in [0, 0.05) is 37.1 Å². The van der Waals surface area contributed by atoms with Crippen molar-refractivity contribution in [3.05, 3.63) is 81.4 Å². The molecule has 33 heavy (non-hydrogen) atoms. The molecule has 0 spiro atoms. The Balaban J connectivity index is 1.29. The van der Waals surface area contributed by atoms with Gasteiger partial charge in [-0.2, -0.15) is 0 Å². The van der Waals surface area contributed by atoms with Gasteiger partial charge in [-0.05, 0) is 55.0 Å². The molecule has 0 bridgehead atoms. The highest BCUT2D eigenvalue weighted by molar-refractivity contribution is 7.10. The Hall–Kier alpha value is -2.90. The number of carbonyl (C=O) groups excluding carboxylic acids is 2. The zero-order chi connectivity index (χ0) is 22.9. The van der Waals surface area contributed by atoms with E-state index >= 15 is 0 Å². The summed E-state index contributed by atoms with van der Waals surface area (Å²) in [4.78, 5) is 33.5. The smallest absolute Gasteiger partial charge is 0.289 e. The van der Waals surface area contributed by atoms with E-state index in [1.807, 2.05) is 23.2 Å². The predicted molar refractivity (Wildman–Crippen MR) is 128 cm³/mol. The maximum absolute atomic E-state index is 13.4. The number of fused-ring (bicyclic) bond motifs is 1. The molecule has 0 unspecified atom stereocenters. The van der Waals surface area contributed by atoms with E-state index in [2.05, 4.69) is 47.5 Å². The van der Waals surface area contributed by atoms with Crippen LogP contribution in [0.1, 0.15) is 45.1 Å². The minimum Gasteiger partial charge on any atom is -0.459 e. The SMILES string of the molecule is Cc1ccc([C@@H]2c3ccsc3CCN2CC(=O)N2CCN(C(=O)c3ccco3)[C@H](C)C2)cc1. The monoisotopic (exact) mass is 463 g/mol. The highest BCUT2D eigenvalue weighted by Gasteiger charge is 2.35. The number of aryl methyl sites for hydroxylation is 1. The molecule has 4 heterocycles. The zero-order valence-corrected chi connectivity index (χ0v) is 19.9. The molecular formula is C26H29N3O3S. The average Bonchev–Trinajstić information content (AvgIpc) is 3.51. The maximum Gasteiger partial charge on any atom is 0.289 e. The first-order valence-electron chi connectivity index (χ1n) is 11.5. The van der Waals surface area contributed by atoms with Gasteiger partial charge in [0.05, 0.1) is 18.8 Å². The molecule has 2 amide bonds. The number of thiophene rings is 1. The van der Waals surface area contributed by atoms with Crippen LogP contribution >= 0.6 is 11.3 Å². The standard InChI is InChI=1S/C26H29N3O3S/c1-18-5-7-20(8-6-18)25-21-10-15-33-23(21)9-11-28(25)17-24(30)27-12-13-29(19(2)16-27)26(31)22-4-3-14-32-22/h3-8,10,14-15,19,25H,9,11-13,16-17H2,1-2H3/t19-,25-/m1/s1. The summed E-state index contributed by atoms with van der Waals surface area (Å²) in [5, 5.41) is 2.16. The Morgan fingerprint density at radius 2 is 1.91 bits per heavy atom. The number of hydrogen-bond acceptors (Lipinski definition) is 5. The van der Waals surface area contributed by atoms with Crippen molar-refractivity contribution in [3.63, 3.8) is 0 Å². The molecule has 7 heteroatoms. The summed E-state index contributed by atoms with van der Waals surface area (Å²) in [6.45, 7) is 6.94. The fraction of sp³-hybridized carbons (Fsp3) is 0.385. The molecule has 2 aromatic heterocycles. The molecule has 2 aliphatic heterocycles. The van der Waals surface area contributed by atoms with E-state index in [4.69, 9.17) is 4.42 Å². The molecule has 0 radical (unpaired) electrons. The summed E-state index contributed by atoms with van der Waals surface area (Å²) < 4.78 is 5.28. The van der Waals surface area contributed by atoms with E-state index in [-0.39, 0.29) is 23.9 Å². The lowest BCUT2D eigenvalue weighted by Crippen LogP contribution is -2.57. The van der Waals surface area contributed by atoms with Gasteiger partial charge in [-0.25, -0.2) is 0 Å². The first-order valence-corrected chi connectivity index (χ1v) is 12.4. The number of benzene rings is 1. The largest absolute Gasteiger partial charge is 0.459 e. The topological polar surface area (TPSA) is 57.0 Å². The fourth-order valence-electron chi connectivity index (χ4n) is 4.98. The lowest BCUT2D eigenvalue weighted by Gasteiger charge is -2.41. The van der Waals surface area contributed by atoms with Crippen LogP contribution in [-0.4, -0.2) is 65.3 Å². The van der Waals surface area contributed by atoms with Crippen LogP contribution in [0.5, 0.6) is 0 Å². The van der Waals surface area contributed by atoms with Crippen LogP contribution < -0.4 is 0 Å². The van der Waals surface area contributed by atoms with Gasteiger partial charge in [-0.1, -0.05) is 29.8 Å². The Morgan fingerprint density at radius 1 is 1.09 bits per heavy atom. The van der Waals surface area contributed by atoms with Gasteiger partial charge in [-0.15, -0.1) is 11.3 Å². The van der Waals surface area contributed by atoms with Crippen LogP contribution in [0, 0.1) is 6.92 Å². The minimum absolute atomic E-state index is 0.0574. The van der Waals surface area contributed by atoms with Crippen molar-refractivity contribution in [2.45, 2.75) is 32.4 Å². The lowest BCUT2D eigenvalue weighted by molar-refractivity contribution is -0.135. The van der Waals surface area contributed by atoms with Crippen molar-refractivity contribution in [3.8, 4) is 0 Å². The zero-order valence-electron chi connectivity index (χ0n) is 19.1. The number of piperazine rings is 1. The van der Waals surface area contributed by atoms with Crippen molar-refractivity contribution in [2.75, 3.05) is 32.7 Å².